The summed E-state index contributed by atoms with van der Waals surface area (Å²) in [6.45, 7) is 1.30. The number of carbonyl (C=O) groups is 3. The molecule has 3 rings (SSSR count). The number of rotatable bonds is 5. The molecule has 1 fully saturated rings. The topological polar surface area (TPSA) is 78.5 Å². The summed E-state index contributed by atoms with van der Waals surface area (Å²) in [5.74, 6) is -0.801. The molecule has 2 N–H and O–H groups in total. The van der Waals surface area contributed by atoms with Gasteiger partial charge in [-0.3, -0.25) is 14.4 Å². The van der Waals surface area contributed by atoms with E-state index in [-0.39, 0.29) is 24.3 Å². The normalized spacial score (nSPS) is 13.7. The van der Waals surface area contributed by atoms with E-state index in [4.69, 9.17) is 0 Å². The van der Waals surface area contributed by atoms with Crippen molar-refractivity contribution in [3.8, 4) is 0 Å². The molecule has 0 unspecified atom stereocenters. The average molecular weight is 444 g/mol. The molecule has 0 aliphatic carbocycles. The van der Waals surface area contributed by atoms with Crippen molar-refractivity contribution in [3.63, 3.8) is 0 Å². The van der Waals surface area contributed by atoms with E-state index < -0.39 is 0 Å². The van der Waals surface area contributed by atoms with E-state index in [1.807, 2.05) is 11.0 Å². The lowest BCUT2D eigenvalue weighted by molar-refractivity contribution is -0.115. The smallest absolute Gasteiger partial charge is 0.255 e. The minimum absolute atomic E-state index is 0.0752. The number of likely N-dealkylation sites (tertiary alicyclic amines) is 1. The van der Waals surface area contributed by atoms with Crippen molar-refractivity contribution in [2.45, 2.75) is 19.3 Å². The lowest BCUT2D eigenvalue weighted by atomic mass is 10.1. The third kappa shape index (κ3) is 5.19. The summed E-state index contributed by atoms with van der Waals surface area (Å²) in [5, 5.41) is 5.33. The number of hydrogen-bond donors (Lipinski definition) is 2. The summed E-state index contributed by atoms with van der Waals surface area (Å²) in [6.07, 6.45) is 3.14. The summed E-state index contributed by atoms with van der Waals surface area (Å²) >= 11 is 3.31. The van der Waals surface area contributed by atoms with E-state index in [1.165, 1.54) is 0 Å². The molecule has 0 spiro atoms. The molecule has 0 aromatic heterocycles. The number of carbonyl (C=O) groups excluding carboxylic acids is 3. The molecule has 3 amide bonds. The van der Waals surface area contributed by atoms with Gasteiger partial charge in [-0.2, -0.15) is 0 Å². The van der Waals surface area contributed by atoms with Crippen LogP contribution >= 0.6 is 15.9 Å². The molecule has 0 atom stereocenters. The van der Waals surface area contributed by atoms with Crippen LogP contribution in [0.2, 0.25) is 0 Å². The first-order chi connectivity index (χ1) is 13.5. The summed E-state index contributed by atoms with van der Waals surface area (Å²) in [4.78, 5) is 39.1. The first kappa shape index (κ1) is 20.1. The van der Waals surface area contributed by atoms with Crippen LogP contribution in [0, 0.1) is 0 Å². The molecular weight excluding hydrogens is 422 g/mol. The van der Waals surface area contributed by atoms with Gasteiger partial charge in [0.25, 0.3) is 11.8 Å². The third-order valence-electron chi connectivity index (χ3n) is 4.57. The highest BCUT2D eigenvalue weighted by molar-refractivity contribution is 9.10. The Bertz CT molecular complexity index is 879. The molecule has 1 saturated heterocycles. The van der Waals surface area contributed by atoms with Crippen molar-refractivity contribution in [1.82, 2.24) is 10.2 Å². The molecule has 2 aromatic carbocycles. The van der Waals surface area contributed by atoms with Crippen molar-refractivity contribution >= 4 is 39.3 Å². The van der Waals surface area contributed by atoms with Crippen molar-refractivity contribution < 1.29 is 14.4 Å². The van der Waals surface area contributed by atoms with Gasteiger partial charge in [-0.15, -0.1) is 0 Å². The highest BCUT2D eigenvalue weighted by atomic mass is 79.9. The molecule has 0 bridgehead atoms. The van der Waals surface area contributed by atoms with Crippen molar-refractivity contribution in [1.29, 1.82) is 0 Å². The Morgan fingerprint density at radius 2 is 1.71 bits per heavy atom. The van der Waals surface area contributed by atoms with Crippen LogP contribution in [0.4, 0.5) is 5.69 Å². The monoisotopic (exact) mass is 443 g/mol. The number of amides is 3. The molecular formula is C21H22BrN3O3. The van der Waals surface area contributed by atoms with Gasteiger partial charge in [0.05, 0.1) is 17.8 Å². The van der Waals surface area contributed by atoms with Gasteiger partial charge in [-0.1, -0.05) is 34.1 Å². The molecule has 1 aliphatic rings. The number of benzene rings is 2. The van der Waals surface area contributed by atoms with Crippen molar-refractivity contribution in [2.24, 2.45) is 0 Å². The fraction of sp³-hybridized carbons (Fsp3) is 0.286. The Labute approximate surface area is 172 Å². The van der Waals surface area contributed by atoms with Crippen LogP contribution in [0.1, 0.15) is 40.0 Å². The minimum atomic E-state index is -0.387. The van der Waals surface area contributed by atoms with Crippen LogP contribution in [0.25, 0.3) is 0 Å². The number of hydrogen-bond acceptors (Lipinski definition) is 3. The standard InChI is InChI=1S/C21H22BrN3O3/c22-16-8-6-7-15(13-16)20(27)23-14-19(26)24-18-10-3-2-9-17(18)21(28)25-11-4-1-5-12-25/h2-3,6-10,13H,1,4-5,11-12,14H2,(H,23,27)(H,24,26). The van der Waals surface area contributed by atoms with Gasteiger partial charge in [0.1, 0.15) is 0 Å². The molecule has 0 saturated carbocycles. The zero-order valence-corrected chi connectivity index (χ0v) is 17.0. The van der Waals surface area contributed by atoms with Gasteiger partial charge in [-0.05, 0) is 49.6 Å². The lowest BCUT2D eigenvalue weighted by Gasteiger charge is -2.27. The third-order valence-corrected chi connectivity index (χ3v) is 5.06. The number of anilines is 1. The van der Waals surface area contributed by atoms with Gasteiger partial charge < -0.3 is 15.5 Å². The largest absolute Gasteiger partial charge is 0.343 e. The second kappa shape index (κ2) is 9.50. The minimum Gasteiger partial charge on any atom is -0.343 e. The van der Waals surface area contributed by atoms with Crippen molar-refractivity contribution in [2.75, 3.05) is 25.0 Å². The van der Waals surface area contributed by atoms with Crippen LogP contribution in [-0.4, -0.2) is 42.3 Å². The zero-order chi connectivity index (χ0) is 19.9. The van der Waals surface area contributed by atoms with Crippen LogP contribution in [-0.2, 0) is 4.79 Å². The molecule has 2 aromatic rings. The van der Waals surface area contributed by atoms with E-state index in [1.54, 1.807) is 42.5 Å². The molecule has 28 heavy (non-hydrogen) atoms. The van der Waals surface area contributed by atoms with Gasteiger partial charge in [0, 0.05) is 23.1 Å². The fourth-order valence-corrected chi connectivity index (χ4v) is 3.53. The Balaban J connectivity index is 1.61. The van der Waals surface area contributed by atoms with Crippen LogP contribution in [0.3, 0.4) is 0 Å². The van der Waals surface area contributed by atoms with Crippen LogP contribution in [0.15, 0.2) is 53.0 Å². The first-order valence-corrected chi connectivity index (χ1v) is 10.1. The Hall–Kier alpha value is -2.67. The Morgan fingerprint density at radius 1 is 0.964 bits per heavy atom. The summed E-state index contributed by atoms with van der Waals surface area (Å²) in [5.41, 5.74) is 1.39. The maximum Gasteiger partial charge on any atom is 0.255 e. The van der Waals surface area contributed by atoms with Gasteiger partial charge >= 0.3 is 0 Å². The predicted octanol–water partition coefficient (Wildman–Crippen LogP) is 3.44. The molecule has 146 valence electrons. The lowest BCUT2D eigenvalue weighted by Crippen LogP contribution is -2.37. The summed E-state index contributed by atoms with van der Waals surface area (Å²) in [7, 11) is 0. The molecule has 1 aliphatic heterocycles. The molecule has 6 nitrogen and oxygen atoms in total. The van der Waals surface area contributed by atoms with Crippen LogP contribution in [0.5, 0.6) is 0 Å². The zero-order valence-electron chi connectivity index (χ0n) is 15.4. The fourth-order valence-electron chi connectivity index (χ4n) is 3.13. The van der Waals surface area contributed by atoms with E-state index >= 15 is 0 Å². The summed E-state index contributed by atoms with van der Waals surface area (Å²) in [6, 6.07) is 13.9. The maximum atomic E-state index is 12.8. The maximum absolute atomic E-state index is 12.8. The van der Waals surface area contributed by atoms with E-state index in [0.29, 0.717) is 16.8 Å². The quantitative estimate of drug-likeness (QED) is 0.742. The SMILES string of the molecule is O=C(CNC(=O)c1cccc(Br)c1)Nc1ccccc1C(=O)N1CCCCC1. The van der Waals surface area contributed by atoms with E-state index in [0.717, 1.165) is 36.8 Å². The number of para-hydroxylation sites is 1. The molecule has 1 heterocycles. The number of nitrogens with one attached hydrogen (secondary N) is 2. The second-order valence-corrected chi connectivity index (χ2v) is 7.56. The number of halogens is 1. The first-order valence-electron chi connectivity index (χ1n) is 9.26. The highest BCUT2D eigenvalue weighted by Gasteiger charge is 2.21. The van der Waals surface area contributed by atoms with E-state index in [9.17, 15) is 14.4 Å². The predicted molar refractivity (Wildman–Crippen MR) is 111 cm³/mol. The number of piperidine rings is 1. The van der Waals surface area contributed by atoms with Gasteiger partial charge in [0.2, 0.25) is 5.91 Å². The number of nitrogens with zero attached hydrogens (tertiary/aromatic N) is 1. The van der Waals surface area contributed by atoms with Crippen molar-refractivity contribution in [3.05, 3.63) is 64.1 Å². The van der Waals surface area contributed by atoms with Gasteiger partial charge in [0.15, 0.2) is 0 Å². The molecule has 7 heteroatoms. The average Bonchev–Trinajstić information content (AvgIpc) is 2.72. The Morgan fingerprint density at radius 3 is 2.46 bits per heavy atom. The Kier molecular flexibility index (Phi) is 6.81. The second-order valence-electron chi connectivity index (χ2n) is 6.64. The highest BCUT2D eigenvalue weighted by Crippen LogP contribution is 2.20. The molecule has 0 radical (unpaired) electrons. The summed E-state index contributed by atoms with van der Waals surface area (Å²) < 4.78 is 0.787. The van der Waals surface area contributed by atoms with Gasteiger partial charge in [-0.25, -0.2) is 0 Å². The van der Waals surface area contributed by atoms with Crippen LogP contribution < -0.4 is 10.6 Å². The van der Waals surface area contributed by atoms with E-state index in [2.05, 4.69) is 26.6 Å².